The normalized spacial score (nSPS) is 15.8. The van der Waals surface area contributed by atoms with Gasteiger partial charge in [-0.05, 0) is 43.4 Å². The molecular weight excluding hydrogens is 192 g/mol. The van der Waals surface area contributed by atoms with Gasteiger partial charge in [-0.1, -0.05) is 0 Å². The van der Waals surface area contributed by atoms with Gasteiger partial charge in [-0.2, -0.15) is 0 Å². The lowest BCUT2D eigenvalue weighted by molar-refractivity contribution is -0.137. The number of aliphatic carboxylic acids is 1. The van der Waals surface area contributed by atoms with Gasteiger partial charge in [-0.25, -0.2) is 4.98 Å². The predicted octanol–water partition coefficient (Wildman–Crippen LogP) is 1.46. The van der Waals surface area contributed by atoms with Crippen LogP contribution in [-0.2, 0) is 17.6 Å². The molecule has 0 fully saturated rings. The minimum absolute atomic E-state index is 0.600. The van der Waals surface area contributed by atoms with Crippen LogP contribution in [0.3, 0.4) is 0 Å². The van der Waals surface area contributed by atoms with Gasteiger partial charge in [0.1, 0.15) is 11.9 Å². The summed E-state index contributed by atoms with van der Waals surface area (Å²) in [7, 11) is 0. The quantitative estimate of drug-likeness (QED) is 0.785. The van der Waals surface area contributed by atoms with Gasteiger partial charge in [-0.15, -0.1) is 0 Å². The fourth-order valence-electron chi connectivity index (χ4n) is 1.81. The maximum Gasteiger partial charge on any atom is 0.325 e. The molecule has 2 N–H and O–H groups in total. The lowest BCUT2D eigenvalue weighted by Gasteiger charge is -2.10. The molecule has 4 heteroatoms. The second-order valence-electron chi connectivity index (χ2n) is 3.90. The first-order chi connectivity index (χ1) is 7.16. The second kappa shape index (κ2) is 3.88. The molecule has 0 saturated heterocycles. The van der Waals surface area contributed by atoms with Crippen LogP contribution in [0.2, 0.25) is 0 Å². The Hall–Kier alpha value is -1.58. The van der Waals surface area contributed by atoms with Crippen LogP contribution in [0.1, 0.15) is 24.5 Å². The zero-order valence-electron chi connectivity index (χ0n) is 8.66. The largest absolute Gasteiger partial charge is 0.480 e. The van der Waals surface area contributed by atoms with Crippen molar-refractivity contribution in [2.45, 2.75) is 32.2 Å². The van der Waals surface area contributed by atoms with Crippen molar-refractivity contribution in [1.29, 1.82) is 0 Å². The Morgan fingerprint density at radius 2 is 2.27 bits per heavy atom. The van der Waals surface area contributed by atoms with Crippen molar-refractivity contribution >= 4 is 11.8 Å². The summed E-state index contributed by atoms with van der Waals surface area (Å²) in [4.78, 5) is 14.8. The Balaban J connectivity index is 2.13. The number of nitrogens with zero attached hydrogens (tertiary/aromatic N) is 1. The van der Waals surface area contributed by atoms with Crippen LogP contribution in [0, 0.1) is 0 Å². The van der Waals surface area contributed by atoms with Crippen LogP contribution in [0.25, 0.3) is 0 Å². The van der Waals surface area contributed by atoms with E-state index in [1.54, 1.807) is 6.92 Å². The van der Waals surface area contributed by atoms with E-state index in [4.69, 9.17) is 5.11 Å². The minimum Gasteiger partial charge on any atom is -0.480 e. The summed E-state index contributed by atoms with van der Waals surface area (Å²) in [5.74, 6) is -0.206. The van der Waals surface area contributed by atoms with Gasteiger partial charge in [-0.3, -0.25) is 4.79 Å². The molecule has 1 unspecified atom stereocenters. The molecule has 1 aromatic rings. The number of nitrogens with one attached hydrogen (secondary N) is 1. The summed E-state index contributed by atoms with van der Waals surface area (Å²) in [6, 6.07) is 1.36. The molecule has 1 heterocycles. The standard InChI is InChI=1S/C11H14N2O2/c1-7(11(14)15)13-10-5-8-3-2-4-9(8)6-12-10/h5-7H,2-4H2,1H3,(H,12,13)(H,14,15). The van der Waals surface area contributed by atoms with Crippen LogP contribution in [0.15, 0.2) is 12.3 Å². The van der Waals surface area contributed by atoms with E-state index in [1.165, 1.54) is 17.5 Å². The molecule has 1 atom stereocenters. The average Bonchev–Trinajstić information content (AvgIpc) is 2.64. The maximum atomic E-state index is 10.6. The van der Waals surface area contributed by atoms with Crippen molar-refractivity contribution in [3.05, 3.63) is 23.4 Å². The van der Waals surface area contributed by atoms with Crippen molar-refractivity contribution in [3.8, 4) is 0 Å². The summed E-state index contributed by atoms with van der Waals surface area (Å²) in [6.45, 7) is 1.61. The molecule has 1 aromatic heterocycles. The molecule has 1 aliphatic carbocycles. The van der Waals surface area contributed by atoms with E-state index in [0.717, 1.165) is 12.8 Å². The molecule has 1 aliphatic rings. The van der Waals surface area contributed by atoms with Gasteiger partial charge >= 0.3 is 5.97 Å². The summed E-state index contributed by atoms with van der Waals surface area (Å²) in [6.07, 6.45) is 5.19. The molecule has 0 saturated carbocycles. The highest BCUT2D eigenvalue weighted by atomic mass is 16.4. The van der Waals surface area contributed by atoms with Crippen LogP contribution in [0.4, 0.5) is 5.82 Å². The van der Waals surface area contributed by atoms with Gasteiger partial charge in [0.25, 0.3) is 0 Å². The van der Waals surface area contributed by atoms with Crippen molar-refractivity contribution in [1.82, 2.24) is 4.98 Å². The number of carboxylic acids is 1. The van der Waals surface area contributed by atoms with Gasteiger partial charge in [0.2, 0.25) is 0 Å². The van der Waals surface area contributed by atoms with E-state index in [-0.39, 0.29) is 0 Å². The molecular formula is C11H14N2O2. The van der Waals surface area contributed by atoms with Crippen molar-refractivity contribution in [2.75, 3.05) is 5.32 Å². The van der Waals surface area contributed by atoms with Gasteiger partial charge in [0, 0.05) is 6.20 Å². The van der Waals surface area contributed by atoms with Gasteiger partial charge in [0.15, 0.2) is 0 Å². The van der Waals surface area contributed by atoms with Crippen molar-refractivity contribution in [2.24, 2.45) is 0 Å². The number of aryl methyl sites for hydroxylation is 2. The number of carbonyl (C=O) groups is 1. The number of pyridine rings is 1. The third-order valence-corrected chi connectivity index (χ3v) is 2.71. The zero-order chi connectivity index (χ0) is 10.8. The van der Waals surface area contributed by atoms with Crippen molar-refractivity contribution < 1.29 is 9.90 Å². The number of aromatic nitrogens is 1. The van der Waals surface area contributed by atoms with E-state index in [9.17, 15) is 4.79 Å². The first kappa shape index (κ1) is 9.96. The summed E-state index contributed by atoms with van der Waals surface area (Å²) < 4.78 is 0. The summed E-state index contributed by atoms with van der Waals surface area (Å²) >= 11 is 0. The van der Waals surface area contributed by atoms with E-state index in [0.29, 0.717) is 5.82 Å². The molecule has 0 radical (unpaired) electrons. The molecule has 0 aromatic carbocycles. The molecule has 80 valence electrons. The molecule has 4 nitrogen and oxygen atoms in total. The number of hydrogen-bond acceptors (Lipinski definition) is 3. The summed E-state index contributed by atoms with van der Waals surface area (Å²) in [5, 5.41) is 11.6. The Morgan fingerprint density at radius 1 is 1.53 bits per heavy atom. The molecule has 15 heavy (non-hydrogen) atoms. The highest BCUT2D eigenvalue weighted by Crippen LogP contribution is 2.23. The molecule has 0 bridgehead atoms. The lowest BCUT2D eigenvalue weighted by atomic mass is 10.2. The maximum absolute atomic E-state index is 10.6. The van der Waals surface area contributed by atoms with E-state index in [2.05, 4.69) is 10.3 Å². The number of carboxylic acid groups (broad SMARTS) is 1. The fraction of sp³-hybridized carbons (Fsp3) is 0.455. The Morgan fingerprint density at radius 3 is 3.00 bits per heavy atom. The Labute approximate surface area is 88.3 Å². The SMILES string of the molecule is CC(Nc1cc2c(cn1)CCC2)C(=O)O. The van der Waals surface area contributed by atoms with Gasteiger partial charge in [0.05, 0.1) is 0 Å². The minimum atomic E-state index is -0.864. The highest BCUT2D eigenvalue weighted by molar-refractivity contribution is 5.76. The molecule has 0 aliphatic heterocycles. The second-order valence-corrected chi connectivity index (χ2v) is 3.90. The van der Waals surface area contributed by atoms with Crippen LogP contribution < -0.4 is 5.32 Å². The smallest absolute Gasteiger partial charge is 0.325 e. The zero-order valence-corrected chi connectivity index (χ0v) is 8.66. The van der Waals surface area contributed by atoms with E-state index < -0.39 is 12.0 Å². The Bertz CT molecular complexity index is 390. The lowest BCUT2D eigenvalue weighted by Crippen LogP contribution is -2.25. The average molecular weight is 206 g/mol. The van der Waals surface area contributed by atoms with E-state index >= 15 is 0 Å². The highest BCUT2D eigenvalue weighted by Gasteiger charge is 2.14. The van der Waals surface area contributed by atoms with E-state index in [1.807, 2.05) is 12.3 Å². The van der Waals surface area contributed by atoms with Gasteiger partial charge < -0.3 is 10.4 Å². The first-order valence-electron chi connectivity index (χ1n) is 5.14. The number of rotatable bonds is 3. The molecule has 0 amide bonds. The monoisotopic (exact) mass is 206 g/mol. The fourth-order valence-corrected chi connectivity index (χ4v) is 1.81. The van der Waals surface area contributed by atoms with Crippen LogP contribution in [-0.4, -0.2) is 22.1 Å². The first-order valence-corrected chi connectivity index (χ1v) is 5.14. The Kier molecular flexibility index (Phi) is 2.58. The van der Waals surface area contributed by atoms with Crippen molar-refractivity contribution in [3.63, 3.8) is 0 Å². The third-order valence-electron chi connectivity index (χ3n) is 2.71. The van der Waals surface area contributed by atoms with Crippen LogP contribution >= 0.6 is 0 Å². The third kappa shape index (κ3) is 2.09. The molecule has 2 rings (SSSR count). The van der Waals surface area contributed by atoms with Crippen LogP contribution in [0.5, 0.6) is 0 Å². The number of fused-ring (bicyclic) bond motifs is 1. The predicted molar refractivity (Wildman–Crippen MR) is 57.0 cm³/mol. The topological polar surface area (TPSA) is 62.2 Å². The number of anilines is 1. The summed E-state index contributed by atoms with van der Waals surface area (Å²) in [5.41, 5.74) is 2.59. The number of hydrogen-bond donors (Lipinski definition) is 2. The molecule has 0 spiro atoms.